The van der Waals surface area contributed by atoms with Gasteiger partial charge in [0.05, 0.1) is 34.4 Å². The molecule has 0 fully saturated rings. The molecule has 0 aliphatic heterocycles. The van der Waals surface area contributed by atoms with Gasteiger partial charge < -0.3 is 5.32 Å². The number of halogens is 1. The highest BCUT2D eigenvalue weighted by Crippen LogP contribution is 2.29. The van der Waals surface area contributed by atoms with E-state index >= 15 is 0 Å². The molecule has 0 bridgehead atoms. The van der Waals surface area contributed by atoms with Crippen LogP contribution in [0.25, 0.3) is 27.8 Å². The summed E-state index contributed by atoms with van der Waals surface area (Å²) in [7, 11) is 0. The number of pyridine rings is 1. The van der Waals surface area contributed by atoms with Crippen LogP contribution in [0.1, 0.15) is 28.5 Å². The van der Waals surface area contributed by atoms with Crippen LogP contribution in [-0.4, -0.2) is 20.7 Å². The fourth-order valence-electron chi connectivity index (χ4n) is 4.03. The number of nitrogens with one attached hydrogen (secondary N) is 1. The molecular weight excluding hydrogens is 427 g/mol. The van der Waals surface area contributed by atoms with E-state index in [1.807, 2.05) is 55.5 Å². The number of carbonyl (C=O) groups is 1. The smallest absolute Gasteiger partial charge is 0.256 e. The Morgan fingerprint density at radius 2 is 1.74 bits per heavy atom. The second-order valence-corrected chi connectivity index (χ2v) is 8.11. The number of carbonyl (C=O) groups excluding carboxylic acids is 1. The summed E-state index contributed by atoms with van der Waals surface area (Å²) in [5.41, 5.74) is 6.26. The predicted octanol–water partition coefficient (Wildman–Crippen LogP) is 6.35. The van der Waals surface area contributed by atoms with E-state index in [9.17, 15) is 9.18 Å². The van der Waals surface area contributed by atoms with Gasteiger partial charge in [-0.05, 0) is 67.4 Å². The summed E-state index contributed by atoms with van der Waals surface area (Å²) in [6, 6.07) is 23.4. The third-order valence-corrected chi connectivity index (χ3v) is 5.94. The van der Waals surface area contributed by atoms with Crippen LogP contribution in [0.15, 0.2) is 85.1 Å². The zero-order valence-corrected chi connectivity index (χ0v) is 18.9. The fourth-order valence-corrected chi connectivity index (χ4v) is 4.03. The average molecular weight is 451 g/mol. The Bertz CT molecular complexity index is 1490. The molecule has 1 N–H and O–H groups in total. The molecule has 5 nitrogen and oxygen atoms in total. The summed E-state index contributed by atoms with van der Waals surface area (Å²) in [6.07, 6.45) is 2.67. The molecule has 0 atom stereocenters. The zero-order valence-electron chi connectivity index (χ0n) is 18.9. The first-order chi connectivity index (χ1) is 16.5. The van der Waals surface area contributed by atoms with Gasteiger partial charge in [0, 0.05) is 16.6 Å². The first-order valence-corrected chi connectivity index (χ1v) is 11.1. The molecule has 0 aliphatic carbocycles. The lowest BCUT2D eigenvalue weighted by Crippen LogP contribution is -2.13. The number of amides is 1. The molecule has 0 saturated heterocycles. The highest BCUT2D eigenvalue weighted by atomic mass is 19.1. The van der Waals surface area contributed by atoms with E-state index in [0.29, 0.717) is 11.3 Å². The van der Waals surface area contributed by atoms with Crippen LogP contribution in [0.4, 0.5) is 10.1 Å². The molecule has 34 heavy (non-hydrogen) atoms. The van der Waals surface area contributed by atoms with Gasteiger partial charge >= 0.3 is 0 Å². The van der Waals surface area contributed by atoms with Crippen molar-refractivity contribution in [3.63, 3.8) is 0 Å². The Kier molecular flexibility index (Phi) is 5.64. The van der Waals surface area contributed by atoms with E-state index in [2.05, 4.69) is 17.3 Å². The van der Waals surface area contributed by atoms with Gasteiger partial charge in [0.15, 0.2) is 0 Å². The molecule has 0 unspecified atom stereocenters. The first kappa shape index (κ1) is 21.5. The van der Waals surface area contributed by atoms with Crippen molar-refractivity contribution in [3.05, 3.63) is 108 Å². The van der Waals surface area contributed by atoms with E-state index in [0.717, 1.165) is 40.0 Å². The second-order valence-electron chi connectivity index (χ2n) is 8.11. The lowest BCUT2D eigenvalue weighted by atomic mass is 10.0. The standard InChI is InChI=1S/C28H23FN4O/c1-3-19-8-12-21(13-9-19)31-28(34)24-16-27(32-26-7-5-4-6-23(24)26)25-17-30-33(18(25)2)22-14-10-20(29)11-15-22/h4-17H,3H2,1-2H3,(H,31,34). The number of hydrogen-bond donors (Lipinski definition) is 1. The lowest BCUT2D eigenvalue weighted by Gasteiger charge is -2.11. The fraction of sp³-hybridized carbons (Fsp3) is 0.107. The minimum atomic E-state index is -0.301. The van der Waals surface area contributed by atoms with Crippen LogP contribution < -0.4 is 5.32 Å². The number of aryl methyl sites for hydroxylation is 1. The second kappa shape index (κ2) is 8.90. The van der Waals surface area contributed by atoms with Crippen molar-refractivity contribution < 1.29 is 9.18 Å². The number of benzene rings is 3. The van der Waals surface area contributed by atoms with Crippen molar-refractivity contribution in [1.82, 2.24) is 14.8 Å². The number of para-hydroxylation sites is 1. The highest BCUT2D eigenvalue weighted by molar-refractivity contribution is 6.13. The van der Waals surface area contributed by atoms with Crippen LogP contribution in [0.2, 0.25) is 0 Å². The van der Waals surface area contributed by atoms with E-state index in [4.69, 9.17) is 4.98 Å². The molecule has 0 spiro atoms. The summed E-state index contributed by atoms with van der Waals surface area (Å²) in [4.78, 5) is 18.1. The molecule has 6 heteroatoms. The predicted molar refractivity (Wildman–Crippen MR) is 133 cm³/mol. The van der Waals surface area contributed by atoms with Gasteiger partial charge in [-0.25, -0.2) is 14.1 Å². The van der Waals surface area contributed by atoms with Gasteiger partial charge in [0.1, 0.15) is 5.82 Å². The van der Waals surface area contributed by atoms with E-state index in [1.165, 1.54) is 17.7 Å². The van der Waals surface area contributed by atoms with Crippen molar-refractivity contribution in [2.24, 2.45) is 0 Å². The van der Waals surface area contributed by atoms with Crippen LogP contribution in [-0.2, 0) is 6.42 Å². The molecule has 5 rings (SSSR count). The molecule has 0 saturated carbocycles. The normalized spacial score (nSPS) is 11.0. The van der Waals surface area contributed by atoms with Gasteiger partial charge in [-0.15, -0.1) is 0 Å². The van der Waals surface area contributed by atoms with Gasteiger partial charge in [0.25, 0.3) is 5.91 Å². The maximum absolute atomic E-state index is 13.4. The molecule has 0 aliphatic rings. The van der Waals surface area contributed by atoms with E-state index in [1.54, 1.807) is 29.1 Å². The Morgan fingerprint density at radius 3 is 2.47 bits per heavy atom. The minimum Gasteiger partial charge on any atom is -0.322 e. The molecule has 2 heterocycles. The van der Waals surface area contributed by atoms with Crippen LogP contribution in [0, 0.1) is 12.7 Å². The van der Waals surface area contributed by atoms with Crippen LogP contribution in [0.3, 0.4) is 0 Å². The maximum Gasteiger partial charge on any atom is 0.256 e. The van der Waals surface area contributed by atoms with Crippen molar-refractivity contribution >= 4 is 22.5 Å². The van der Waals surface area contributed by atoms with Gasteiger partial charge in [-0.2, -0.15) is 5.10 Å². The molecule has 0 radical (unpaired) electrons. The first-order valence-electron chi connectivity index (χ1n) is 11.1. The van der Waals surface area contributed by atoms with Crippen molar-refractivity contribution in [3.8, 4) is 16.9 Å². The lowest BCUT2D eigenvalue weighted by molar-refractivity contribution is 0.102. The Labute approximate surface area is 196 Å². The average Bonchev–Trinajstić information content (AvgIpc) is 3.25. The molecular formula is C28H23FN4O. The third kappa shape index (κ3) is 4.06. The number of nitrogens with zero attached hydrogens (tertiary/aromatic N) is 3. The number of anilines is 1. The summed E-state index contributed by atoms with van der Waals surface area (Å²) >= 11 is 0. The van der Waals surface area contributed by atoms with Crippen molar-refractivity contribution in [2.75, 3.05) is 5.32 Å². The zero-order chi connectivity index (χ0) is 23.7. The topological polar surface area (TPSA) is 59.8 Å². The van der Waals surface area contributed by atoms with Gasteiger partial charge in [0.2, 0.25) is 0 Å². The molecule has 2 aromatic heterocycles. The molecule has 168 valence electrons. The number of aromatic nitrogens is 3. The number of hydrogen-bond acceptors (Lipinski definition) is 3. The Balaban J connectivity index is 1.56. The maximum atomic E-state index is 13.4. The molecule has 1 amide bonds. The van der Waals surface area contributed by atoms with E-state index < -0.39 is 0 Å². The summed E-state index contributed by atoms with van der Waals surface area (Å²) in [5.74, 6) is -0.502. The number of rotatable bonds is 5. The van der Waals surface area contributed by atoms with Crippen LogP contribution >= 0.6 is 0 Å². The number of fused-ring (bicyclic) bond motifs is 1. The third-order valence-electron chi connectivity index (χ3n) is 5.94. The monoisotopic (exact) mass is 450 g/mol. The minimum absolute atomic E-state index is 0.201. The summed E-state index contributed by atoms with van der Waals surface area (Å²) < 4.78 is 15.1. The van der Waals surface area contributed by atoms with Gasteiger partial charge in [-0.3, -0.25) is 4.79 Å². The summed E-state index contributed by atoms with van der Waals surface area (Å²) in [5, 5.41) is 8.27. The largest absolute Gasteiger partial charge is 0.322 e. The SMILES string of the molecule is CCc1ccc(NC(=O)c2cc(-c3cnn(-c4ccc(F)cc4)c3C)nc3ccccc23)cc1. The van der Waals surface area contributed by atoms with Gasteiger partial charge in [-0.1, -0.05) is 37.3 Å². The van der Waals surface area contributed by atoms with Crippen molar-refractivity contribution in [1.29, 1.82) is 0 Å². The Morgan fingerprint density at radius 1 is 1.00 bits per heavy atom. The highest BCUT2D eigenvalue weighted by Gasteiger charge is 2.17. The van der Waals surface area contributed by atoms with Crippen LogP contribution in [0.5, 0.6) is 0 Å². The Hall–Kier alpha value is -4.32. The molecule has 5 aromatic rings. The van der Waals surface area contributed by atoms with E-state index in [-0.39, 0.29) is 11.7 Å². The van der Waals surface area contributed by atoms with Crippen molar-refractivity contribution in [2.45, 2.75) is 20.3 Å². The molecule has 3 aromatic carbocycles. The quantitative estimate of drug-likeness (QED) is 0.339. The summed E-state index contributed by atoms with van der Waals surface area (Å²) in [6.45, 7) is 4.02.